The summed E-state index contributed by atoms with van der Waals surface area (Å²) in [5, 5.41) is 0. The molecule has 0 saturated heterocycles. The zero-order valence-electron chi connectivity index (χ0n) is 5.96. The molecule has 0 fully saturated rings. The summed E-state index contributed by atoms with van der Waals surface area (Å²) in [6, 6.07) is 10.3. The molecule has 0 bridgehead atoms. The van der Waals surface area contributed by atoms with Crippen molar-refractivity contribution in [2.75, 3.05) is 0 Å². The summed E-state index contributed by atoms with van der Waals surface area (Å²) in [5.41, 5.74) is 1.32. The van der Waals surface area contributed by atoms with E-state index in [1.165, 1.54) is 5.56 Å². The summed E-state index contributed by atoms with van der Waals surface area (Å²) in [5.74, 6) is 0. The molecule has 0 heterocycles. The first-order valence-electron chi connectivity index (χ1n) is 2.89. The topological polar surface area (TPSA) is 17.1 Å². The third kappa shape index (κ3) is 10.3. The van der Waals surface area contributed by atoms with Gasteiger partial charge in [0.15, 0.2) is 7.67 Å². The van der Waals surface area contributed by atoms with E-state index in [0.29, 0.717) is 0 Å². The lowest BCUT2D eigenvalue weighted by atomic mass is 10.2. The highest BCUT2D eigenvalue weighted by Gasteiger charge is 1.72. The summed E-state index contributed by atoms with van der Waals surface area (Å²) in [7, 11) is -0.986. The van der Waals surface area contributed by atoms with Crippen LogP contribution >= 0.6 is 29.6 Å². The van der Waals surface area contributed by atoms with Crippen LogP contribution in [0.5, 0.6) is 0 Å². The Bertz CT molecular complexity index is 209. The third-order valence-electron chi connectivity index (χ3n) is 0.940. The molecule has 0 N–H and O–H groups in total. The molecule has 4 heteroatoms. The summed E-state index contributed by atoms with van der Waals surface area (Å²) in [6.45, 7) is 2.08. The molecule has 0 radical (unpaired) electrons. The maximum Gasteiger partial charge on any atom is 0.158 e. The van der Waals surface area contributed by atoms with Crippen molar-refractivity contribution in [1.29, 1.82) is 0 Å². The van der Waals surface area contributed by atoms with Gasteiger partial charge in [-0.3, -0.25) is 0 Å². The fourth-order valence-electron chi connectivity index (χ4n) is 0.534. The summed E-state index contributed by atoms with van der Waals surface area (Å²) in [6.07, 6.45) is 0. The van der Waals surface area contributed by atoms with E-state index in [1.54, 1.807) is 0 Å². The molecule has 0 aliphatic heterocycles. The zero-order valence-corrected chi connectivity index (χ0v) is 9.95. The Morgan fingerprint density at radius 3 is 1.73 bits per heavy atom. The first-order valence-corrected chi connectivity index (χ1v) is 7.72. The van der Waals surface area contributed by atoms with Crippen molar-refractivity contribution >= 4 is 37.3 Å². The number of hydrogen-bond acceptors (Lipinski definition) is 1. The molecular weight excluding hydrogens is 292 g/mol. The van der Waals surface area contributed by atoms with Gasteiger partial charge in [-0.15, -0.1) is 0 Å². The van der Waals surface area contributed by atoms with Crippen LogP contribution in [-0.4, -0.2) is 4.21 Å². The van der Waals surface area contributed by atoms with Gasteiger partial charge >= 0.3 is 0 Å². The molecule has 0 aromatic heterocycles. The van der Waals surface area contributed by atoms with Gasteiger partial charge in [-0.25, -0.2) is 4.21 Å². The van der Waals surface area contributed by atoms with Crippen LogP contribution in [-0.2, 0) is 7.67 Å². The van der Waals surface area contributed by atoms with E-state index in [2.05, 4.69) is 48.7 Å². The monoisotopic (exact) mass is 298 g/mol. The third-order valence-corrected chi connectivity index (χ3v) is 0.940. The van der Waals surface area contributed by atoms with Gasteiger partial charge in [0.1, 0.15) is 0 Å². The number of benzene rings is 1. The maximum absolute atomic E-state index is 9.39. The highest BCUT2D eigenvalue weighted by Crippen LogP contribution is 1.98. The van der Waals surface area contributed by atoms with Crippen molar-refractivity contribution in [3.8, 4) is 0 Å². The predicted octanol–water partition coefficient (Wildman–Crippen LogP) is 3.35. The molecule has 0 spiro atoms. The Balaban J connectivity index is 0.000000218. The predicted molar refractivity (Wildman–Crippen MR) is 57.2 cm³/mol. The van der Waals surface area contributed by atoms with Crippen molar-refractivity contribution < 1.29 is 4.21 Å². The van der Waals surface area contributed by atoms with E-state index >= 15 is 0 Å². The Hall–Kier alpha value is 0.330. The molecule has 1 rings (SSSR count). The summed E-state index contributed by atoms with van der Waals surface area (Å²) < 4.78 is 9.39. The van der Waals surface area contributed by atoms with Gasteiger partial charge in [-0.05, 0) is 6.92 Å². The van der Waals surface area contributed by atoms with Crippen molar-refractivity contribution in [1.82, 2.24) is 0 Å². The van der Waals surface area contributed by atoms with E-state index in [-0.39, 0.29) is 0 Å². The summed E-state index contributed by atoms with van der Waals surface area (Å²) in [4.78, 5) is 0. The van der Waals surface area contributed by atoms with Crippen molar-refractivity contribution in [2.24, 2.45) is 0 Å². The minimum absolute atomic E-state index is 0.986. The first kappa shape index (κ1) is 11.3. The minimum atomic E-state index is -0.986. The smallest absolute Gasteiger partial charge is 0.158 e. The van der Waals surface area contributed by atoms with Gasteiger partial charge < -0.3 is 0 Å². The molecular formula is C7H8Br2OS. The molecule has 1 aromatic rings. The average molecular weight is 300 g/mol. The lowest BCUT2D eigenvalue weighted by Crippen LogP contribution is -1.62. The lowest BCUT2D eigenvalue weighted by Gasteiger charge is -1.82. The van der Waals surface area contributed by atoms with E-state index in [9.17, 15) is 4.21 Å². The van der Waals surface area contributed by atoms with Crippen LogP contribution in [0.25, 0.3) is 0 Å². The maximum atomic E-state index is 9.39. The Labute approximate surface area is 84.1 Å². The average Bonchev–Trinajstić information content (AvgIpc) is 1.87. The Morgan fingerprint density at radius 1 is 1.18 bits per heavy atom. The molecule has 1 aromatic carbocycles. The largest absolute Gasteiger partial charge is 0.235 e. The van der Waals surface area contributed by atoms with Crippen molar-refractivity contribution in [2.45, 2.75) is 6.92 Å². The molecule has 0 unspecified atom stereocenters. The van der Waals surface area contributed by atoms with Crippen LogP contribution in [0.4, 0.5) is 0 Å². The normalized spacial score (nSPS) is 8.73. The van der Waals surface area contributed by atoms with Gasteiger partial charge in [-0.2, -0.15) is 0 Å². The van der Waals surface area contributed by atoms with Crippen LogP contribution in [0.2, 0.25) is 0 Å². The van der Waals surface area contributed by atoms with Gasteiger partial charge in [0.25, 0.3) is 0 Å². The molecule has 0 aliphatic rings. The number of aryl methyl sites for hydroxylation is 1. The minimum Gasteiger partial charge on any atom is -0.235 e. The Morgan fingerprint density at radius 2 is 1.55 bits per heavy atom. The SMILES string of the molecule is Cc1ccccc1.O=S(Br)Br. The van der Waals surface area contributed by atoms with Crippen molar-refractivity contribution in [3.05, 3.63) is 35.9 Å². The fraction of sp³-hybridized carbons (Fsp3) is 0.143. The van der Waals surface area contributed by atoms with Gasteiger partial charge in [0.2, 0.25) is 0 Å². The lowest BCUT2D eigenvalue weighted by molar-refractivity contribution is 0.700. The second-order valence-electron chi connectivity index (χ2n) is 1.84. The standard InChI is InChI=1S/C7H8.Br2OS/c1-7-5-3-2-4-6-7;1-4(2)3/h2-6H,1H3;. The fourth-order valence-corrected chi connectivity index (χ4v) is 0.534. The summed E-state index contributed by atoms with van der Waals surface area (Å²) >= 11 is 5.32. The number of halogens is 2. The van der Waals surface area contributed by atoms with E-state index in [0.717, 1.165) is 0 Å². The van der Waals surface area contributed by atoms with Gasteiger partial charge in [0, 0.05) is 29.6 Å². The molecule has 0 saturated carbocycles. The van der Waals surface area contributed by atoms with Crippen LogP contribution in [0.15, 0.2) is 30.3 Å². The van der Waals surface area contributed by atoms with Crippen LogP contribution in [0, 0.1) is 6.92 Å². The molecule has 0 atom stereocenters. The second-order valence-corrected chi connectivity index (χ2v) is 8.34. The highest BCUT2D eigenvalue weighted by molar-refractivity contribution is 9.78. The Kier molecular flexibility index (Phi) is 7.22. The first-order chi connectivity index (χ1) is 5.13. The quantitative estimate of drug-likeness (QED) is 0.672. The van der Waals surface area contributed by atoms with Gasteiger partial charge in [0.05, 0.1) is 0 Å². The van der Waals surface area contributed by atoms with E-state index in [1.807, 2.05) is 18.2 Å². The van der Waals surface area contributed by atoms with Crippen LogP contribution in [0.1, 0.15) is 5.56 Å². The van der Waals surface area contributed by atoms with Crippen molar-refractivity contribution in [3.63, 3.8) is 0 Å². The highest BCUT2D eigenvalue weighted by atomic mass is 79.9. The second kappa shape index (κ2) is 7.00. The zero-order chi connectivity index (χ0) is 8.69. The molecule has 0 aliphatic carbocycles. The van der Waals surface area contributed by atoms with E-state index in [4.69, 9.17) is 0 Å². The molecule has 11 heavy (non-hydrogen) atoms. The number of hydrogen-bond donors (Lipinski definition) is 0. The molecule has 0 amide bonds. The molecule has 1 nitrogen and oxygen atoms in total. The van der Waals surface area contributed by atoms with Crippen LogP contribution < -0.4 is 0 Å². The molecule has 62 valence electrons. The number of rotatable bonds is 0. The van der Waals surface area contributed by atoms with E-state index < -0.39 is 7.67 Å². The van der Waals surface area contributed by atoms with Crippen LogP contribution in [0.3, 0.4) is 0 Å². The van der Waals surface area contributed by atoms with Gasteiger partial charge in [-0.1, -0.05) is 35.9 Å².